The van der Waals surface area contributed by atoms with Crippen LogP contribution in [-0.2, 0) is 0 Å². The molecule has 0 radical (unpaired) electrons. The quantitative estimate of drug-likeness (QED) is 0.152. The second kappa shape index (κ2) is 17.6. The summed E-state index contributed by atoms with van der Waals surface area (Å²) in [4.78, 5) is 16.4. The number of rotatable bonds is 8. The summed E-state index contributed by atoms with van der Waals surface area (Å²) < 4.78 is 2.29. The molecule has 0 fully saturated rings. The molecule has 73 heavy (non-hydrogen) atoms. The maximum Gasteiger partial charge on any atom is 0.145 e. The molecule has 14 aromatic rings. The van der Waals surface area contributed by atoms with Gasteiger partial charge in [0.1, 0.15) is 5.82 Å². The number of aromatic nitrogens is 4. The molecule has 4 nitrogen and oxygen atoms in total. The van der Waals surface area contributed by atoms with Gasteiger partial charge in [-0.1, -0.05) is 176 Å². The van der Waals surface area contributed by atoms with Gasteiger partial charge in [-0.05, 0) is 156 Å². The Morgan fingerprint density at radius 2 is 0.548 bits per heavy atom. The van der Waals surface area contributed by atoms with Crippen LogP contribution in [0.5, 0.6) is 0 Å². The molecule has 340 valence electrons. The minimum absolute atomic E-state index is 0.854. The molecule has 0 amide bonds. The molecule has 14 rings (SSSR count). The van der Waals surface area contributed by atoms with Crippen LogP contribution in [0.2, 0.25) is 0 Å². The van der Waals surface area contributed by atoms with Crippen molar-refractivity contribution in [3.05, 3.63) is 267 Å². The summed E-state index contributed by atoms with van der Waals surface area (Å²) in [6, 6.07) is 95.7. The van der Waals surface area contributed by atoms with Crippen LogP contribution in [0.1, 0.15) is 0 Å². The van der Waals surface area contributed by atoms with Crippen molar-refractivity contribution in [2.24, 2.45) is 0 Å². The molecular weight excluding hydrogens is 885 g/mol. The molecule has 0 saturated heterocycles. The van der Waals surface area contributed by atoms with Crippen molar-refractivity contribution in [1.29, 1.82) is 0 Å². The van der Waals surface area contributed by atoms with Crippen molar-refractivity contribution in [3.8, 4) is 84.4 Å². The molecule has 0 aliphatic heterocycles. The predicted octanol–water partition coefficient (Wildman–Crippen LogP) is 18.1. The van der Waals surface area contributed by atoms with Gasteiger partial charge in [0.15, 0.2) is 0 Å². The van der Waals surface area contributed by atoms with Gasteiger partial charge in [-0.15, -0.1) is 0 Å². The van der Waals surface area contributed by atoms with Crippen LogP contribution in [0.25, 0.3) is 138 Å². The topological polar surface area (TPSA) is 43.6 Å². The number of nitrogens with zero attached hydrogens (tertiary/aromatic N) is 4. The zero-order valence-corrected chi connectivity index (χ0v) is 39.7. The molecule has 0 spiro atoms. The van der Waals surface area contributed by atoms with Gasteiger partial charge < -0.3 is 0 Å². The van der Waals surface area contributed by atoms with Crippen molar-refractivity contribution in [3.63, 3.8) is 0 Å². The second-order valence-electron chi connectivity index (χ2n) is 18.9. The number of pyridine rings is 2. The van der Waals surface area contributed by atoms with Gasteiger partial charge in [-0.25, -0.2) is 15.0 Å². The third-order valence-corrected chi connectivity index (χ3v) is 14.3. The lowest BCUT2D eigenvalue weighted by Gasteiger charge is -2.16. The Hall–Kier alpha value is -9.77. The third kappa shape index (κ3) is 7.88. The van der Waals surface area contributed by atoms with Crippen LogP contribution in [-0.4, -0.2) is 19.5 Å². The summed E-state index contributed by atoms with van der Waals surface area (Å²) in [7, 11) is 0. The van der Waals surface area contributed by atoms with Crippen LogP contribution >= 0.6 is 0 Å². The highest BCUT2D eigenvalue weighted by Crippen LogP contribution is 2.40. The summed E-state index contributed by atoms with van der Waals surface area (Å²) in [6.07, 6.45) is 0. The van der Waals surface area contributed by atoms with E-state index in [1.54, 1.807) is 0 Å². The van der Waals surface area contributed by atoms with Crippen molar-refractivity contribution in [2.45, 2.75) is 0 Å². The largest absolute Gasteiger partial charge is 0.292 e. The van der Waals surface area contributed by atoms with Crippen LogP contribution < -0.4 is 0 Å². The lowest BCUT2D eigenvalue weighted by atomic mass is 9.92. The van der Waals surface area contributed by atoms with Gasteiger partial charge in [-0.3, -0.25) is 4.57 Å². The van der Waals surface area contributed by atoms with Crippen LogP contribution in [0.4, 0.5) is 0 Å². The average Bonchev–Trinajstić information content (AvgIpc) is 3.87. The Kier molecular flexibility index (Phi) is 10.1. The molecule has 0 N–H and O–H groups in total. The second-order valence-corrected chi connectivity index (χ2v) is 18.9. The van der Waals surface area contributed by atoms with Gasteiger partial charge in [0.25, 0.3) is 0 Å². The molecule has 0 atom stereocenters. The monoisotopic (exact) mass is 928 g/mol. The van der Waals surface area contributed by atoms with E-state index >= 15 is 0 Å². The molecule has 4 heteroatoms. The Labute approximate surface area is 422 Å². The third-order valence-electron chi connectivity index (χ3n) is 14.3. The Morgan fingerprint density at radius 3 is 0.959 bits per heavy atom. The summed E-state index contributed by atoms with van der Waals surface area (Å²) in [5, 5.41) is 9.46. The van der Waals surface area contributed by atoms with Gasteiger partial charge in [0.2, 0.25) is 0 Å². The van der Waals surface area contributed by atoms with Crippen molar-refractivity contribution in [1.82, 2.24) is 19.5 Å². The molecule has 0 aliphatic carbocycles. The number of benzene rings is 11. The molecule has 3 aromatic heterocycles. The zero-order chi connectivity index (χ0) is 48.2. The highest BCUT2D eigenvalue weighted by Gasteiger charge is 2.20. The summed E-state index contributed by atoms with van der Waals surface area (Å²) in [5.41, 5.74) is 16.0. The predicted molar refractivity (Wildman–Crippen MR) is 305 cm³/mol. The standard InChI is InChI=1S/C69H44N4/c1-2-22-62(23-3-1)73-68-25-13-12-24-63(68)72-69(73)61-39-57(59-41-64(53-30-26-45-14-4-8-18-49(45)34-53)70-65(42-59)54-31-27-46-15-5-9-19-50(46)35-54)38-58(40-61)60-43-66(55-32-28-47-16-6-10-20-51(47)36-55)71-67(44-60)56-33-29-48-17-7-11-21-52(48)37-56/h1-44H. The van der Waals surface area contributed by atoms with E-state index in [1.165, 1.54) is 43.1 Å². The molecule has 11 aromatic carbocycles. The first-order valence-electron chi connectivity index (χ1n) is 24.8. The number of hydrogen-bond donors (Lipinski definition) is 0. The SMILES string of the molecule is c1ccc(-n2c(-c3cc(-c4cc(-c5ccc6ccccc6c5)nc(-c5ccc6ccccc6c5)c4)cc(-c4cc(-c5ccc6ccccc6c5)nc(-c5ccc6ccccc6c5)c4)c3)nc3ccccc32)cc1. The van der Waals surface area contributed by atoms with Gasteiger partial charge in [-0.2, -0.15) is 0 Å². The fourth-order valence-corrected chi connectivity index (χ4v) is 10.5. The fraction of sp³-hybridized carbons (Fsp3) is 0. The summed E-state index contributed by atoms with van der Waals surface area (Å²) >= 11 is 0. The van der Waals surface area contributed by atoms with E-state index in [0.717, 1.165) is 95.4 Å². The number of fused-ring (bicyclic) bond motifs is 5. The Balaban J connectivity index is 1.04. The molecular formula is C69H44N4. The van der Waals surface area contributed by atoms with Gasteiger partial charge >= 0.3 is 0 Å². The first-order valence-corrected chi connectivity index (χ1v) is 24.8. The minimum Gasteiger partial charge on any atom is -0.292 e. The number of para-hydroxylation sites is 3. The minimum atomic E-state index is 0.854. The van der Waals surface area contributed by atoms with E-state index in [2.05, 4.69) is 271 Å². The molecule has 0 unspecified atom stereocenters. The van der Waals surface area contributed by atoms with Crippen molar-refractivity contribution in [2.75, 3.05) is 0 Å². The van der Waals surface area contributed by atoms with Crippen LogP contribution in [0.3, 0.4) is 0 Å². The molecule has 3 heterocycles. The Morgan fingerprint density at radius 1 is 0.219 bits per heavy atom. The first kappa shape index (κ1) is 42.1. The van der Waals surface area contributed by atoms with E-state index in [1.807, 2.05) is 0 Å². The molecule has 0 saturated carbocycles. The van der Waals surface area contributed by atoms with Gasteiger partial charge in [0, 0.05) is 33.5 Å². The Bertz CT molecular complexity index is 4030. The van der Waals surface area contributed by atoms with Crippen LogP contribution in [0, 0.1) is 0 Å². The van der Waals surface area contributed by atoms with E-state index < -0.39 is 0 Å². The van der Waals surface area contributed by atoms with E-state index in [9.17, 15) is 0 Å². The van der Waals surface area contributed by atoms with E-state index in [4.69, 9.17) is 15.0 Å². The number of imidazole rings is 1. The summed E-state index contributed by atoms with van der Waals surface area (Å²) in [5.74, 6) is 0.854. The fourth-order valence-electron chi connectivity index (χ4n) is 10.5. The molecule has 0 aliphatic rings. The lowest BCUT2D eigenvalue weighted by Crippen LogP contribution is -1.98. The average molecular weight is 929 g/mol. The number of hydrogen-bond acceptors (Lipinski definition) is 3. The smallest absolute Gasteiger partial charge is 0.145 e. The van der Waals surface area contributed by atoms with Crippen molar-refractivity contribution < 1.29 is 0 Å². The lowest BCUT2D eigenvalue weighted by molar-refractivity contribution is 1.10. The maximum absolute atomic E-state index is 5.47. The highest BCUT2D eigenvalue weighted by atomic mass is 15.1. The normalized spacial score (nSPS) is 11.6. The maximum atomic E-state index is 5.47. The molecule has 0 bridgehead atoms. The van der Waals surface area contributed by atoms with E-state index in [-0.39, 0.29) is 0 Å². The van der Waals surface area contributed by atoms with Gasteiger partial charge in [0.05, 0.1) is 33.8 Å². The zero-order valence-electron chi connectivity index (χ0n) is 39.7. The highest BCUT2D eigenvalue weighted by molar-refractivity contribution is 5.94. The van der Waals surface area contributed by atoms with Crippen LogP contribution in [0.15, 0.2) is 267 Å². The first-order chi connectivity index (χ1) is 36.1. The van der Waals surface area contributed by atoms with Crippen molar-refractivity contribution >= 4 is 54.1 Å². The summed E-state index contributed by atoms with van der Waals surface area (Å²) in [6.45, 7) is 0. The van der Waals surface area contributed by atoms with E-state index in [0.29, 0.717) is 0 Å².